The summed E-state index contributed by atoms with van der Waals surface area (Å²) in [7, 11) is 0. The minimum absolute atomic E-state index is 0.0426. The predicted molar refractivity (Wildman–Crippen MR) is 263 cm³/mol. The Kier molecular flexibility index (Phi) is 8.52. The SMILES string of the molecule is CC1(C)c2ccccc2-c2cc(-c3cccc(-c4nc(-c5ccc(-c6ccccc6)cc5)nc(-c5ccc(-c6c7ccccc7cc7c6ccc6ccccc67)cc5)n4)c3)ccc21. The lowest BCUT2D eigenvalue weighted by atomic mass is 9.82. The van der Waals surface area contributed by atoms with Crippen molar-refractivity contribution in [3.05, 3.63) is 223 Å². The van der Waals surface area contributed by atoms with E-state index in [0.717, 1.165) is 33.4 Å². The molecule has 12 rings (SSSR count). The Hall–Kier alpha value is -8.01. The minimum Gasteiger partial charge on any atom is -0.208 e. The van der Waals surface area contributed by atoms with E-state index in [1.54, 1.807) is 0 Å². The van der Waals surface area contributed by atoms with Gasteiger partial charge in [-0.2, -0.15) is 0 Å². The molecule has 11 aromatic rings. The summed E-state index contributed by atoms with van der Waals surface area (Å²) in [6.45, 7) is 4.65. The summed E-state index contributed by atoms with van der Waals surface area (Å²) >= 11 is 0. The van der Waals surface area contributed by atoms with Crippen molar-refractivity contribution < 1.29 is 0 Å². The molecule has 63 heavy (non-hydrogen) atoms. The van der Waals surface area contributed by atoms with Crippen LogP contribution in [-0.2, 0) is 5.41 Å². The molecule has 0 saturated heterocycles. The Balaban J connectivity index is 0.975. The molecular weight excluding hydrogens is 763 g/mol. The molecule has 0 aliphatic heterocycles. The van der Waals surface area contributed by atoms with Gasteiger partial charge in [-0.15, -0.1) is 0 Å². The van der Waals surface area contributed by atoms with Gasteiger partial charge in [0, 0.05) is 22.1 Å². The van der Waals surface area contributed by atoms with Crippen molar-refractivity contribution in [2.75, 3.05) is 0 Å². The molecule has 3 nitrogen and oxygen atoms in total. The van der Waals surface area contributed by atoms with Crippen molar-refractivity contribution >= 4 is 32.3 Å². The van der Waals surface area contributed by atoms with Crippen LogP contribution >= 0.6 is 0 Å². The zero-order valence-corrected chi connectivity index (χ0v) is 35.0. The molecule has 1 aliphatic rings. The van der Waals surface area contributed by atoms with Crippen molar-refractivity contribution in [3.63, 3.8) is 0 Å². The maximum atomic E-state index is 5.22. The van der Waals surface area contributed by atoms with E-state index in [2.05, 4.69) is 220 Å². The number of rotatable bonds is 6. The molecule has 0 saturated carbocycles. The standard InChI is InChI=1S/C60H41N3/c1-60(2)54-22-11-10-21-50(54)53-36-45(32-34-55(53)60)44-17-12-18-47(35-44)59-62-57(42-27-23-39(24-28-42)38-13-4-3-5-14-38)61-58(63-59)43-29-25-41(26-30-43)56-49-20-9-7-16-46(49)37-52-48-19-8-6-15-40(48)31-33-51(52)56/h3-37H,1-2H3. The Bertz CT molecular complexity index is 3570. The van der Waals surface area contributed by atoms with E-state index < -0.39 is 0 Å². The molecule has 10 aromatic carbocycles. The summed E-state index contributed by atoms with van der Waals surface area (Å²) in [6.07, 6.45) is 0. The van der Waals surface area contributed by atoms with Gasteiger partial charge >= 0.3 is 0 Å². The molecule has 0 N–H and O–H groups in total. The normalized spacial score (nSPS) is 12.7. The monoisotopic (exact) mass is 803 g/mol. The second-order valence-corrected chi connectivity index (χ2v) is 17.2. The van der Waals surface area contributed by atoms with Gasteiger partial charge in [0.15, 0.2) is 17.5 Å². The van der Waals surface area contributed by atoms with Crippen LogP contribution in [0.4, 0.5) is 0 Å². The number of fused-ring (bicyclic) bond motifs is 7. The van der Waals surface area contributed by atoms with Gasteiger partial charge in [-0.1, -0.05) is 208 Å². The first kappa shape index (κ1) is 36.8. The fourth-order valence-electron chi connectivity index (χ4n) is 9.86. The zero-order valence-electron chi connectivity index (χ0n) is 35.0. The molecule has 1 aromatic heterocycles. The first-order chi connectivity index (χ1) is 31.0. The van der Waals surface area contributed by atoms with E-state index in [0.29, 0.717) is 17.5 Å². The average molecular weight is 804 g/mol. The van der Waals surface area contributed by atoms with Crippen molar-refractivity contribution in [1.82, 2.24) is 15.0 Å². The summed E-state index contributed by atoms with van der Waals surface area (Å²) in [4.78, 5) is 15.6. The van der Waals surface area contributed by atoms with Gasteiger partial charge in [-0.3, -0.25) is 0 Å². The van der Waals surface area contributed by atoms with Crippen molar-refractivity contribution in [3.8, 4) is 78.7 Å². The Morgan fingerprint density at radius 2 is 0.810 bits per heavy atom. The molecule has 0 atom stereocenters. The van der Waals surface area contributed by atoms with Crippen molar-refractivity contribution in [2.45, 2.75) is 19.3 Å². The summed E-state index contributed by atoms with van der Waals surface area (Å²) in [6, 6.07) is 76.3. The summed E-state index contributed by atoms with van der Waals surface area (Å²) in [5, 5.41) is 7.45. The zero-order chi connectivity index (χ0) is 42.1. The fraction of sp³-hybridized carbons (Fsp3) is 0.0500. The van der Waals surface area contributed by atoms with Gasteiger partial charge in [0.25, 0.3) is 0 Å². The fourth-order valence-corrected chi connectivity index (χ4v) is 9.86. The van der Waals surface area contributed by atoms with Gasteiger partial charge in [-0.05, 0) is 106 Å². The molecule has 0 spiro atoms. The van der Waals surface area contributed by atoms with Gasteiger partial charge in [0.05, 0.1) is 0 Å². The third kappa shape index (κ3) is 6.23. The smallest absolute Gasteiger partial charge is 0.164 e. The number of hydrogen-bond donors (Lipinski definition) is 0. The third-order valence-electron chi connectivity index (χ3n) is 13.1. The highest BCUT2D eigenvalue weighted by Crippen LogP contribution is 2.49. The number of aromatic nitrogens is 3. The highest BCUT2D eigenvalue weighted by Gasteiger charge is 2.35. The maximum Gasteiger partial charge on any atom is 0.164 e. The molecule has 0 radical (unpaired) electrons. The van der Waals surface area contributed by atoms with Crippen LogP contribution in [0.15, 0.2) is 212 Å². The average Bonchev–Trinajstić information content (AvgIpc) is 3.58. The molecule has 0 fully saturated rings. The van der Waals surface area contributed by atoms with E-state index >= 15 is 0 Å². The number of benzene rings is 10. The predicted octanol–water partition coefficient (Wildman–Crippen LogP) is 15.6. The van der Waals surface area contributed by atoms with Gasteiger partial charge in [-0.25, -0.2) is 15.0 Å². The highest BCUT2D eigenvalue weighted by molar-refractivity contribution is 6.20. The van der Waals surface area contributed by atoms with Crippen LogP contribution in [0.2, 0.25) is 0 Å². The van der Waals surface area contributed by atoms with Crippen LogP contribution < -0.4 is 0 Å². The topological polar surface area (TPSA) is 38.7 Å². The van der Waals surface area contributed by atoms with Crippen LogP contribution in [0.3, 0.4) is 0 Å². The molecule has 0 amide bonds. The van der Waals surface area contributed by atoms with Gasteiger partial charge < -0.3 is 0 Å². The van der Waals surface area contributed by atoms with Crippen molar-refractivity contribution in [2.24, 2.45) is 0 Å². The largest absolute Gasteiger partial charge is 0.208 e. The van der Waals surface area contributed by atoms with Crippen LogP contribution in [-0.4, -0.2) is 15.0 Å². The van der Waals surface area contributed by atoms with Crippen molar-refractivity contribution in [1.29, 1.82) is 0 Å². The first-order valence-corrected chi connectivity index (χ1v) is 21.7. The molecule has 296 valence electrons. The molecule has 0 bridgehead atoms. The second-order valence-electron chi connectivity index (χ2n) is 17.2. The molecular formula is C60H41N3. The Morgan fingerprint density at radius 1 is 0.286 bits per heavy atom. The lowest BCUT2D eigenvalue weighted by molar-refractivity contribution is 0.660. The first-order valence-electron chi connectivity index (χ1n) is 21.7. The summed E-state index contributed by atoms with van der Waals surface area (Å²) < 4.78 is 0. The molecule has 3 heteroatoms. The highest BCUT2D eigenvalue weighted by atomic mass is 15.0. The Morgan fingerprint density at radius 3 is 1.57 bits per heavy atom. The van der Waals surface area contributed by atoms with Gasteiger partial charge in [0.1, 0.15) is 0 Å². The summed E-state index contributed by atoms with van der Waals surface area (Å²) in [5.74, 6) is 1.89. The second kappa shape index (κ2) is 14.6. The molecule has 0 unspecified atom stereocenters. The van der Waals surface area contributed by atoms with Crippen LogP contribution in [0, 0.1) is 0 Å². The number of nitrogens with zero attached hydrogens (tertiary/aromatic N) is 3. The lowest BCUT2D eigenvalue weighted by Crippen LogP contribution is -2.14. The van der Waals surface area contributed by atoms with Gasteiger partial charge in [0.2, 0.25) is 0 Å². The van der Waals surface area contributed by atoms with Crippen LogP contribution in [0.5, 0.6) is 0 Å². The minimum atomic E-state index is -0.0426. The third-order valence-corrected chi connectivity index (χ3v) is 13.1. The summed E-state index contributed by atoms with van der Waals surface area (Å²) in [5.41, 5.74) is 15.1. The molecule has 1 aliphatic carbocycles. The lowest BCUT2D eigenvalue weighted by Gasteiger charge is -2.21. The van der Waals surface area contributed by atoms with Crippen LogP contribution in [0.25, 0.3) is 111 Å². The van der Waals surface area contributed by atoms with E-state index in [-0.39, 0.29) is 5.41 Å². The Labute approximate surface area is 367 Å². The van der Waals surface area contributed by atoms with E-state index in [9.17, 15) is 0 Å². The van der Waals surface area contributed by atoms with E-state index in [1.165, 1.54) is 71.3 Å². The van der Waals surface area contributed by atoms with E-state index in [4.69, 9.17) is 15.0 Å². The quantitative estimate of drug-likeness (QED) is 0.124. The van der Waals surface area contributed by atoms with Crippen LogP contribution in [0.1, 0.15) is 25.0 Å². The van der Waals surface area contributed by atoms with E-state index in [1.807, 2.05) is 6.07 Å². The molecule has 1 heterocycles. The maximum absolute atomic E-state index is 5.22. The number of hydrogen-bond acceptors (Lipinski definition) is 3.